The molecular weight excluding hydrogens is 254 g/mol. The van der Waals surface area contributed by atoms with Gasteiger partial charge in [-0.25, -0.2) is 0 Å². The molecule has 0 saturated carbocycles. The van der Waals surface area contributed by atoms with Gasteiger partial charge in [0, 0.05) is 43.4 Å². The monoisotopic (exact) mass is 275 g/mol. The molecule has 5 nitrogen and oxygen atoms in total. The fourth-order valence-corrected chi connectivity index (χ4v) is 3.27. The van der Waals surface area contributed by atoms with Gasteiger partial charge in [0.25, 0.3) is 5.91 Å². The Balaban J connectivity index is 1.94. The van der Waals surface area contributed by atoms with Crippen molar-refractivity contribution in [3.63, 3.8) is 0 Å². The number of rotatable bonds is 1. The van der Waals surface area contributed by atoms with Gasteiger partial charge in [-0.05, 0) is 32.3 Å². The molecule has 0 bridgehead atoms. The number of piperazine rings is 1. The Morgan fingerprint density at radius 3 is 2.85 bits per heavy atom. The number of hydrogen-bond donors (Lipinski definition) is 2. The average molecular weight is 275 g/mol. The van der Waals surface area contributed by atoms with E-state index in [1.807, 2.05) is 18.7 Å². The minimum Gasteiger partial charge on any atom is -0.354 e. The molecule has 1 aromatic heterocycles. The summed E-state index contributed by atoms with van der Waals surface area (Å²) in [5, 5.41) is 3.28. The lowest BCUT2D eigenvalue weighted by molar-refractivity contribution is 0.0649. The molecule has 108 valence electrons. The van der Waals surface area contributed by atoms with Crippen molar-refractivity contribution in [1.29, 1.82) is 0 Å². The molecule has 1 aliphatic heterocycles. The number of H-pyrrole nitrogens is 1. The van der Waals surface area contributed by atoms with Crippen molar-refractivity contribution >= 4 is 11.7 Å². The highest BCUT2D eigenvalue weighted by molar-refractivity contribution is 6.04. The van der Waals surface area contributed by atoms with Crippen molar-refractivity contribution in [3.8, 4) is 0 Å². The molecule has 1 aromatic rings. The molecule has 0 spiro atoms. The van der Waals surface area contributed by atoms with Crippen molar-refractivity contribution in [1.82, 2.24) is 15.2 Å². The summed E-state index contributed by atoms with van der Waals surface area (Å²) in [6, 6.07) is 0.187. The van der Waals surface area contributed by atoms with Crippen LogP contribution in [0.15, 0.2) is 0 Å². The zero-order valence-electron chi connectivity index (χ0n) is 12.1. The first-order valence-corrected chi connectivity index (χ1v) is 7.36. The highest BCUT2D eigenvalue weighted by Crippen LogP contribution is 2.27. The summed E-state index contributed by atoms with van der Waals surface area (Å²) in [6.07, 6.45) is 2.35. The lowest BCUT2D eigenvalue weighted by Crippen LogP contribution is -2.52. The second-order valence-electron chi connectivity index (χ2n) is 5.81. The molecular formula is C15H21N3O2. The van der Waals surface area contributed by atoms with Crippen LogP contribution in [0, 0.1) is 6.92 Å². The summed E-state index contributed by atoms with van der Waals surface area (Å²) in [5.41, 5.74) is 3.16. The van der Waals surface area contributed by atoms with Crippen LogP contribution in [-0.2, 0) is 6.42 Å². The quantitative estimate of drug-likeness (QED) is 0.811. The van der Waals surface area contributed by atoms with Crippen LogP contribution in [0.5, 0.6) is 0 Å². The number of carbonyl (C=O) groups excluding carboxylic acids is 2. The maximum atomic E-state index is 12.7. The van der Waals surface area contributed by atoms with Crippen molar-refractivity contribution < 1.29 is 9.59 Å². The van der Waals surface area contributed by atoms with Crippen molar-refractivity contribution in [2.24, 2.45) is 0 Å². The number of nitrogens with one attached hydrogen (secondary N) is 2. The van der Waals surface area contributed by atoms with Gasteiger partial charge >= 0.3 is 0 Å². The second kappa shape index (κ2) is 5.05. The van der Waals surface area contributed by atoms with E-state index in [-0.39, 0.29) is 17.7 Å². The van der Waals surface area contributed by atoms with E-state index >= 15 is 0 Å². The molecule has 0 unspecified atom stereocenters. The zero-order chi connectivity index (χ0) is 14.3. The van der Waals surface area contributed by atoms with Crippen LogP contribution in [0.1, 0.15) is 51.9 Å². The van der Waals surface area contributed by atoms with Gasteiger partial charge in [-0.1, -0.05) is 0 Å². The molecule has 1 atom stereocenters. The highest BCUT2D eigenvalue weighted by Gasteiger charge is 2.30. The first-order valence-electron chi connectivity index (χ1n) is 7.36. The van der Waals surface area contributed by atoms with Crippen LogP contribution in [0.4, 0.5) is 0 Å². The highest BCUT2D eigenvalue weighted by atomic mass is 16.2. The van der Waals surface area contributed by atoms with Gasteiger partial charge in [0.05, 0.1) is 0 Å². The molecule has 5 heteroatoms. The van der Waals surface area contributed by atoms with Crippen LogP contribution in [0.25, 0.3) is 0 Å². The van der Waals surface area contributed by atoms with E-state index in [2.05, 4.69) is 10.3 Å². The van der Waals surface area contributed by atoms with Gasteiger partial charge < -0.3 is 15.2 Å². The summed E-state index contributed by atoms with van der Waals surface area (Å²) in [5.74, 6) is 0.200. The Hall–Kier alpha value is -1.62. The largest absolute Gasteiger partial charge is 0.354 e. The van der Waals surface area contributed by atoms with Crippen molar-refractivity contribution in [3.05, 3.63) is 22.5 Å². The predicted octanol–water partition coefficient (Wildman–Crippen LogP) is 1.28. The van der Waals surface area contributed by atoms with Crippen LogP contribution in [-0.4, -0.2) is 47.3 Å². The number of hydrogen-bond acceptors (Lipinski definition) is 3. The molecule has 2 N–H and O–H groups in total. The number of aromatic nitrogens is 1. The normalized spacial score (nSPS) is 22.8. The van der Waals surface area contributed by atoms with Crippen molar-refractivity contribution in [2.45, 2.75) is 39.2 Å². The molecule has 20 heavy (non-hydrogen) atoms. The second-order valence-corrected chi connectivity index (χ2v) is 5.81. The third-order valence-electron chi connectivity index (χ3n) is 4.41. The lowest BCUT2D eigenvalue weighted by atomic mass is 9.93. The van der Waals surface area contributed by atoms with Gasteiger partial charge in [-0.3, -0.25) is 9.59 Å². The molecule has 1 fully saturated rings. The number of aryl methyl sites for hydroxylation is 1. The van der Waals surface area contributed by atoms with Crippen LogP contribution >= 0.6 is 0 Å². The topological polar surface area (TPSA) is 65.2 Å². The van der Waals surface area contributed by atoms with E-state index in [1.165, 1.54) is 0 Å². The first kappa shape index (κ1) is 13.4. The van der Waals surface area contributed by atoms with Gasteiger partial charge in [-0.15, -0.1) is 0 Å². The van der Waals surface area contributed by atoms with E-state index in [0.717, 1.165) is 49.3 Å². The fraction of sp³-hybridized carbons (Fsp3) is 0.600. The summed E-state index contributed by atoms with van der Waals surface area (Å²) >= 11 is 0. The van der Waals surface area contributed by atoms with E-state index in [9.17, 15) is 9.59 Å². The number of Topliss-reactive ketones (excluding diaryl/α,β-unsaturated/α-hetero) is 1. The Labute approximate surface area is 118 Å². The third-order valence-corrected chi connectivity index (χ3v) is 4.41. The molecule has 0 radical (unpaired) electrons. The molecule has 1 aliphatic carbocycles. The summed E-state index contributed by atoms with van der Waals surface area (Å²) in [6.45, 7) is 6.31. The first-order chi connectivity index (χ1) is 9.59. The van der Waals surface area contributed by atoms with E-state index < -0.39 is 0 Å². The van der Waals surface area contributed by atoms with Crippen molar-refractivity contribution in [2.75, 3.05) is 19.6 Å². The Kier molecular flexibility index (Phi) is 3.38. The van der Waals surface area contributed by atoms with Gasteiger partial charge in [0.2, 0.25) is 0 Å². The SMILES string of the molecule is Cc1c(C(=O)N2CCNC[C@@H]2C)[nH]c2c1C(=O)CCC2. The molecule has 2 aliphatic rings. The van der Waals surface area contributed by atoms with Crippen LogP contribution in [0.2, 0.25) is 0 Å². The van der Waals surface area contributed by atoms with Gasteiger partial charge in [0.15, 0.2) is 5.78 Å². The average Bonchev–Trinajstić information content (AvgIpc) is 2.77. The summed E-state index contributed by atoms with van der Waals surface area (Å²) in [7, 11) is 0. The Morgan fingerprint density at radius 1 is 1.35 bits per heavy atom. The maximum Gasteiger partial charge on any atom is 0.270 e. The summed E-state index contributed by atoms with van der Waals surface area (Å²) < 4.78 is 0. The smallest absolute Gasteiger partial charge is 0.270 e. The Bertz CT molecular complexity index is 562. The van der Waals surface area contributed by atoms with E-state index in [0.29, 0.717) is 12.1 Å². The lowest BCUT2D eigenvalue weighted by Gasteiger charge is -2.33. The van der Waals surface area contributed by atoms with E-state index in [4.69, 9.17) is 0 Å². The number of fused-ring (bicyclic) bond motifs is 1. The Morgan fingerprint density at radius 2 is 2.15 bits per heavy atom. The maximum absolute atomic E-state index is 12.7. The minimum atomic E-state index is 0.0266. The number of nitrogens with zero attached hydrogens (tertiary/aromatic N) is 1. The van der Waals surface area contributed by atoms with Gasteiger partial charge in [0.1, 0.15) is 5.69 Å². The third kappa shape index (κ3) is 2.06. The number of carbonyl (C=O) groups is 2. The fourth-order valence-electron chi connectivity index (χ4n) is 3.27. The summed E-state index contributed by atoms with van der Waals surface area (Å²) in [4.78, 5) is 29.9. The van der Waals surface area contributed by atoms with Crippen LogP contribution in [0.3, 0.4) is 0 Å². The predicted molar refractivity (Wildman–Crippen MR) is 76.2 cm³/mol. The molecule has 1 saturated heterocycles. The number of aromatic amines is 1. The molecule has 1 amide bonds. The number of amides is 1. The van der Waals surface area contributed by atoms with Gasteiger partial charge in [-0.2, -0.15) is 0 Å². The molecule has 2 heterocycles. The van der Waals surface area contributed by atoms with E-state index in [1.54, 1.807) is 0 Å². The number of ketones is 1. The molecule has 3 rings (SSSR count). The molecule has 0 aromatic carbocycles. The minimum absolute atomic E-state index is 0.0266. The zero-order valence-corrected chi connectivity index (χ0v) is 12.1. The standard InChI is InChI=1S/C15H21N3O2/c1-9-8-16-6-7-18(9)15(20)14-10(2)13-11(17-14)4-3-5-12(13)19/h9,16-17H,3-8H2,1-2H3/t9-/m0/s1. The van der Waals surface area contributed by atoms with Crippen LogP contribution < -0.4 is 5.32 Å².